The van der Waals surface area contributed by atoms with Gasteiger partial charge in [0.1, 0.15) is 12.0 Å². The van der Waals surface area contributed by atoms with Gasteiger partial charge in [0.15, 0.2) is 0 Å². The molecular weight excluding hydrogens is 238 g/mol. The normalized spacial score (nSPS) is 11.8. The highest BCUT2D eigenvalue weighted by atomic mass is 16.5. The van der Waals surface area contributed by atoms with Crippen LogP contribution in [-0.4, -0.2) is 28.8 Å². The molecule has 7 nitrogen and oxygen atoms in total. The second-order valence-corrected chi connectivity index (χ2v) is 3.93. The van der Waals surface area contributed by atoms with Crippen molar-refractivity contribution in [2.24, 2.45) is 5.92 Å². The minimum Gasteiger partial charge on any atom is -0.481 e. The van der Waals surface area contributed by atoms with Gasteiger partial charge in [-0.2, -0.15) is 0 Å². The smallest absolute Gasteiger partial charge is 0.315 e. The Labute approximate surface area is 105 Å². The summed E-state index contributed by atoms with van der Waals surface area (Å²) in [5, 5.41) is 17.5. The zero-order chi connectivity index (χ0) is 13.4. The van der Waals surface area contributed by atoms with Gasteiger partial charge in [0, 0.05) is 19.0 Å². The predicted octanol–water partition coefficient (Wildman–Crippen LogP) is 0.975. The third kappa shape index (κ3) is 5.33. The summed E-state index contributed by atoms with van der Waals surface area (Å²) in [5.41, 5.74) is 0.628. The van der Waals surface area contributed by atoms with Crippen molar-refractivity contribution in [1.82, 2.24) is 15.8 Å². The number of carbonyl (C=O) groups excluding carboxylic acids is 1. The SMILES string of the molecule is CCC(CNC(=O)NCc1ccon1)CC(=O)O. The maximum atomic E-state index is 11.4. The largest absolute Gasteiger partial charge is 0.481 e. The van der Waals surface area contributed by atoms with Crippen molar-refractivity contribution in [3.8, 4) is 0 Å². The molecule has 0 spiro atoms. The number of aromatic nitrogens is 1. The van der Waals surface area contributed by atoms with Gasteiger partial charge in [-0.3, -0.25) is 4.79 Å². The quantitative estimate of drug-likeness (QED) is 0.673. The third-order valence-corrected chi connectivity index (χ3v) is 2.51. The monoisotopic (exact) mass is 255 g/mol. The molecule has 1 heterocycles. The summed E-state index contributed by atoms with van der Waals surface area (Å²) in [5.74, 6) is -0.910. The van der Waals surface area contributed by atoms with Crippen molar-refractivity contribution in [3.05, 3.63) is 18.0 Å². The Morgan fingerprint density at radius 3 is 2.83 bits per heavy atom. The molecule has 1 aromatic rings. The Balaban J connectivity index is 2.21. The number of nitrogens with one attached hydrogen (secondary N) is 2. The van der Waals surface area contributed by atoms with Gasteiger partial charge in [-0.1, -0.05) is 18.5 Å². The molecule has 2 amide bonds. The number of carboxylic acid groups (broad SMARTS) is 1. The lowest BCUT2D eigenvalue weighted by Gasteiger charge is -2.13. The van der Waals surface area contributed by atoms with Crippen molar-refractivity contribution >= 4 is 12.0 Å². The molecule has 1 rings (SSSR count). The number of hydrogen-bond acceptors (Lipinski definition) is 4. The molecule has 7 heteroatoms. The van der Waals surface area contributed by atoms with E-state index in [1.54, 1.807) is 6.07 Å². The number of carbonyl (C=O) groups is 2. The Bertz CT molecular complexity index is 378. The topological polar surface area (TPSA) is 104 Å². The zero-order valence-corrected chi connectivity index (χ0v) is 10.2. The highest BCUT2D eigenvalue weighted by Crippen LogP contribution is 2.06. The number of carboxylic acids is 1. The van der Waals surface area contributed by atoms with Crippen molar-refractivity contribution in [2.45, 2.75) is 26.3 Å². The standard InChI is InChI=1S/C11H17N3O4/c1-2-8(5-10(15)16)6-12-11(17)13-7-9-3-4-18-14-9/h3-4,8H,2,5-7H2,1H3,(H,15,16)(H2,12,13,17). The van der Waals surface area contributed by atoms with Gasteiger partial charge in [0.25, 0.3) is 0 Å². The molecule has 1 unspecified atom stereocenters. The Morgan fingerprint density at radius 1 is 1.50 bits per heavy atom. The van der Waals surface area contributed by atoms with E-state index in [1.807, 2.05) is 6.92 Å². The van der Waals surface area contributed by atoms with Crippen LogP contribution in [0.3, 0.4) is 0 Å². The van der Waals surface area contributed by atoms with E-state index in [0.29, 0.717) is 18.7 Å². The van der Waals surface area contributed by atoms with E-state index in [0.717, 1.165) is 0 Å². The van der Waals surface area contributed by atoms with E-state index in [9.17, 15) is 9.59 Å². The first-order chi connectivity index (χ1) is 8.61. The average Bonchev–Trinajstić information content (AvgIpc) is 2.84. The van der Waals surface area contributed by atoms with Crippen LogP contribution in [0.5, 0.6) is 0 Å². The molecule has 0 aliphatic heterocycles. The van der Waals surface area contributed by atoms with E-state index in [1.165, 1.54) is 6.26 Å². The second kappa shape index (κ2) is 7.31. The summed E-state index contributed by atoms with van der Waals surface area (Å²) in [6, 6.07) is 1.31. The number of hydrogen-bond donors (Lipinski definition) is 3. The highest BCUT2D eigenvalue weighted by molar-refractivity contribution is 5.74. The van der Waals surface area contributed by atoms with E-state index in [4.69, 9.17) is 5.11 Å². The number of urea groups is 1. The summed E-state index contributed by atoms with van der Waals surface area (Å²) >= 11 is 0. The minimum atomic E-state index is -0.855. The summed E-state index contributed by atoms with van der Waals surface area (Å²) in [4.78, 5) is 22.0. The number of amides is 2. The molecule has 0 saturated heterocycles. The summed E-state index contributed by atoms with van der Waals surface area (Å²) < 4.78 is 4.62. The van der Waals surface area contributed by atoms with E-state index >= 15 is 0 Å². The lowest BCUT2D eigenvalue weighted by atomic mass is 10.0. The third-order valence-electron chi connectivity index (χ3n) is 2.51. The van der Waals surface area contributed by atoms with Crippen molar-refractivity contribution in [3.63, 3.8) is 0 Å². The molecule has 0 aromatic carbocycles. The zero-order valence-electron chi connectivity index (χ0n) is 10.2. The molecule has 0 fully saturated rings. The van der Waals surface area contributed by atoms with E-state index in [2.05, 4.69) is 20.3 Å². The van der Waals surface area contributed by atoms with Gasteiger partial charge in [-0.25, -0.2) is 4.79 Å². The Morgan fingerprint density at radius 2 is 2.28 bits per heavy atom. The van der Waals surface area contributed by atoms with Gasteiger partial charge in [-0.05, 0) is 5.92 Å². The minimum absolute atomic E-state index is 0.0553. The molecule has 1 aromatic heterocycles. The molecule has 0 aliphatic rings. The van der Waals surface area contributed by atoms with Gasteiger partial charge in [0.05, 0.1) is 6.54 Å². The fourth-order valence-electron chi connectivity index (χ4n) is 1.41. The van der Waals surface area contributed by atoms with Gasteiger partial charge >= 0.3 is 12.0 Å². The van der Waals surface area contributed by atoms with Crippen molar-refractivity contribution < 1.29 is 19.2 Å². The van der Waals surface area contributed by atoms with Crippen LogP contribution in [0.1, 0.15) is 25.5 Å². The number of rotatable bonds is 7. The Hall–Kier alpha value is -2.05. The first kappa shape index (κ1) is 14.0. The summed E-state index contributed by atoms with van der Waals surface area (Å²) in [6.07, 6.45) is 2.19. The molecule has 1 atom stereocenters. The van der Waals surface area contributed by atoms with Crippen LogP contribution in [0.25, 0.3) is 0 Å². The molecule has 3 N–H and O–H groups in total. The average molecular weight is 255 g/mol. The number of nitrogens with zero attached hydrogens (tertiary/aromatic N) is 1. The lowest BCUT2D eigenvalue weighted by molar-refractivity contribution is -0.138. The predicted molar refractivity (Wildman–Crippen MR) is 62.8 cm³/mol. The van der Waals surface area contributed by atoms with Crippen LogP contribution in [0.15, 0.2) is 16.9 Å². The molecule has 0 bridgehead atoms. The molecule has 0 radical (unpaired) electrons. The van der Waals surface area contributed by atoms with Gasteiger partial charge < -0.3 is 20.3 Å². The first-order valence-electron chi connectivity index (χ1n) is 5.74. The van der Waals surface area contributed by atoms with Crippen LogP contribution >= 0.6 is 0 Å². The maximum Gasteiger partial charge on any atom is 0.315 e. The second-order valence-electron chi connectivity index (χ2n) is 3.93. The van der Waals surface area contributed by atoms with Crippen LogP contribution in [-0.2, 0) is 11.3 Å². The van der Waals surface area contributed by atoms with E-state index < -0.39 is 5.97 Å². The van der Waals surface area contributed by atoms with Crippen molar-refractivity contribution in [1.29, 1.82) is 0 Å². The van der Waals surface area contributed by atoms with Crippen LogP contribution in [0.4, 0.5) is 4.79 Å². The van der Waals surface area contributed by atoms with Crippen LogP contribution in [0.2, 0.25) is 0 Å². The molecule has 18 heavy (non-hydrogen) atoms. The van der Waals surface area contributed by atoms with Gasteiger partial charge in [-0.15, -0.1) is 0 Å². The molecule has 0 aliphatic carbocycles. The molecule has 100 valence electrons. The van der Waals surface area contributed by atoms with Crippen molar-refractivity contribution in [2.75, 3.05) is 6.54 Å². The maximum absolute atomic E-state index is 11.4. The molecular formula is C11H17N3O4. The first-order valence-corrected chi connectivity index (χ1v) is 5.74. The number of aliphatic carboxylic acids is 1. The lowest BCUT2D eigenvalue weighted by Crippen LogP contribution is -2.38. The van der Waals surface area contributed by atoms with Crippen LogP contribution in [0, 0.1) is 5.92 Å². The summed E-state index contributed by atoms with van der Waals surface area (Å²) in [6.45, 7) is 2.51. The molecule has 0 saturated carbocycles. The summed E-state index contributed by atoms with van der Waals surface area (Å²) in [7, 11) is 0. The fourth-order valence-corrected chi connectivity index (χ4v) is 1.41. The Kier molecular flexibility index (Phi) is 5.69. The van der Waals surface area contributed by atoms with Crippen LogP contribution < -0.4 is 10.6 Å². The van der Waals surface area contributed by atoms with Gasteiger partial charge in [0.2, 0.25) is 0 Å². The highest BCUT2D eigenvalue weighted by Gasteiger charge is 2.12. The van der Waals surface area contributed by atoms with E-state index in [-0.39, 0.29) is 24.9 Å². The fraction of sp³-hybridized carbons (Fsp3) is 0.545.